The van der Waals surface area contributed by atoms with E-state index in [0.29, 0.717) is 22.4 Å². The minimum absolute atomic E-state index is 0.251. The van der Waals surface area contributed by atoms with Crippen molar-refractivity contribution in [3.8, 4) is 11.3 Å². The maximum Gasteiger partial charge on any atom is 0.338 e. The quantitative estimate of drug-likeness (QED) is 0.153. The molecule has 1 aliphatic heterocycles. The fraction of sp³-hybridized carbons (Fsp3) is 0.171. The first-order valence-electron chi connectivity index (χ1n) is 14.5. The van der Waals surface area contributed by atoms with E-state index in [1.165, 1.54) is 16.9 Å². The third-order valence-corrected chi connectivity index (χ3v) is 7.45. The van der Waals surface area contributed by atoms with Crippen molar-refractivity contribution in [2.24, 2.45) is 0 Å². The summed E-state index contributed by atoms with van der Waals surface area (Å²) in [5, 5.41) is 8.26. The van der Waals surface area contributed by atoms with Crippen molar-refractivity contribution in [1.82, 2.24) is 15.0 Å². The van der Waals surface area contributed by atoms with Gasteiger partial charge in [-0.1, -0.05) is 59.8 Å². The summed E-state index contributed by atoms with van der Waals surface area (Å²) in [4.78, 5) is 39.7. The number of aromatic nitrogens is 3. The van der Waals surface area contributed by atoms with Crippen molar-refractivity contribution < 1.29 is 37.7 Å². The van der Waals surface area contributed by atoms with E-state index >= 15 is 0 Å². The number of esters is 3. The first-order valence-corrected chi connectivity index (χ1v) is 14.5. The highest BCUT2D eigenvalue weighted by Gasteiger charge is 2.52. The predicted molar refractivity (Wildman–Crippen MR) is 162 cm³/mol. The van der Waals surface area contributed by atoms with Gasteiger partial charge in [0.05, 0.1) is 28.6 Å². The number of carbonyl (C=O) groups is 3. The van der Waals surface area contributed by atoms with Crippen molar-refractivity contribution in [3.05, 3.63) is 143 Å². The monoisotopic (exact) mass is 621 g/mol. The second kappa shape index (κ2) is 13.5. The fourth-order valence-electron chi connectivity index (χ4n) is 5.10. The zero-order chi connectivity index (χ0) is 32.0. The lowest BCUT2D eigenvalue weighted by Crippen LogP contribution is -2.41. The van der Waals surface area contributed by atoms with Crippen molar-refractivity contribution in [1.29, 1.82) is 0 Å². The smallest absolute Gasteiger partial charge is 0.338 e. The van der Waals surface area contributed by atoms with E-state index in [4.69, 9.17) is 18.9 Å². The van der Waals surface area contributed by atoms with E-state index in [1.807, 2.05) is 0 Å². The molecular weight excluding hydrogens is 593 g/mol. The predicted octanol–water partition coefficient (Wildman–Crippen LogP) is 5.60. The van der Waals surface area contributed by atoms with Crippen LogP contribution >= 0.6 is 0 Å². The van der Waals surface area contributed by atoms with Gasteiger partial charge in [-0.25, -0.2) is 23.5 Å². The third-order valence-electron chi connectivity index (χ3n) is 7.45. The number of rotatable bonds is 9. The van der Waals surface area contributed by atoms with E-state index in [-0.39, 0.29) is 23.6 Å². The standard InChI is InChI=1S/C35H28FN3O7/c1-22-19-26(17-18-27(22)36)28-20-37-38-39(28)32-31(46-35(42)25-15-9-4-10-16-25)30(45-34(41)24-13-7-3-8-14-24)29(44-32)21-43-33(40)23-11-5-2-6-12-23/h2-20,29-32H,21H2,1H3/t29-,30-,31-,32-/m1/s1. The summed E-state index contributed by atoms with van der Waals surface area (Å²) in [5.74, 6) is -2.42. The Hall–Kier alpha value is -5.68. The maximum atomic E-state index is 14.1. The van der Waals surface area contributed by atoms with Gasteiger partial charge in [0.25, 0.3) is 0 Å². The van der Waals surface area contributed by atoms with Gasteiger partial charge in [-0.2, -0.15) is 0 Å². The Bertz CT molecular complexity index is 1830. The van der Waals surface area contributed by atoms with E-state index in [1.54, 1.807) is 110 Å². The molecular formula is C35H28FN3O7. The molecule has 4 atom stereocenters. The van der Waals surface area contributed by atoms with E-state index in [2.05, 4.69) is 10.3 Å². The zero-order valence-corrected chi connectivity index (χ0v) is 24.6. The summed E-state index contributed by atoms with van der Waals surface area (Å²) in [6.45, 7) is 1.27. The minimum Gasteiger partial charge on any atom is -0.459 e. The Kier molecular flexibility index (Phi) is 8.93. The highest BCUT2D eigenvalue weighted by molar-refractivity contribution is 5.91. The summed E-state index contributed by atoms with van der Waals surface area (Å²) in [5.41, 5.74) is 2.20. The Morgan fingerprint density at radius 3 is 1.87 bits per heavy atom. The van der Waals surface area contributed by atoms with Crippen molar-refractivity contribution in [3.63, 3.8) is 0 Å². The van der Waals surface area contributed by atoms with Gasteiger partial charge in [0.2, 0.25) is 0 Å². The van der Waals surface area contributed by atoms with Gasteiger partial charge in [0.1, 0.15) is 18.5 Å². The normalized spacial score (nSPS) is 18.9. The number of aryl methyl sites for hydroxylation is 1. The molecule has 0 aliphatic carbocycles. The lowest BCUT2D eigenvalue weighted by Gasteiger charge is -2.25. The number of hydrogen-bond acceptors (Lipinski definition) is 9. The summed E-state index contributed by atoms with van der Waals surface area (Å²) < 4.78 is 39.4. The molecule has 6 rings (SSSR count). The van der Waals surface area contributed by atoms with Gasteiger partial charge in [0.15, 0.2) is 18.4 Å². The number of ether oxygens (including phenoxy) is 4. The number of benzene rings is 4. The topological polar surface area (TPSA) is 119 Å². The molecule has 1 aliphatic rings. The lowest BCUT2D eigenvalue weighted by molar-refractivity contribution is -0.0670. The first kappa shape index (κ1) is 30.4. The molecule has 0 bridgehead atoms. The Morgan fingerprint density at radius 2 is 1.30 bits per heavy atom. The summed E-state index contributed by atoms with van der Waals surface area (Å²) >= 11 is 0. The van der Waals surface area contributed by atoms with E-state index < -0.39 is 42.4 Å². The number of carbonyl (C=O) groups excluding carboxylic acids is 3. The van der Waals surface area contributed by atoms with Crippen LogP contribution in [0, 0.1) is 12.7 Å². The largest absolute Gasteiger partial charge is 0.459 e. The summed E-state index contributed by atoms with van der Waals surface area (Å²) in [6, 6.07) is 29.4. The van der Waals surface area contributed by atoms with Crippen LogP contribution < -0.4 is 0 Å². The second-order valence-corrected chi connectivity index (χ2v) is 10.5. The highest BCUT2D eigenvalue weighted by atomic mass is 19.1. The van der Waals surface area contributed by atoms with E-state index in [0.717, 1.165) is 0 Å². The molecule has 1 saturated heterocycles. The SMILES string of the molecule is Cc1cc(-c2cnnn2[C@@H]2O[C@H](COC(=O)c3ccccc3)[C@@H](OC(=O)c3ccccc3)[C@H]2OC(=O)c2ccccc2)ccc1F. The summed E-state index contributed by atoms with van der Waals surface area (Å²) in [6.07, 6.45) is -3.35. The molecule has 11 heteroatoms. The van der Waals surface area contributed by atoms with Gasteiger partial charge in [0, 0.05) is 5.56 Å². The molecule has 5 aromatic rings. The molecule has 0 N–H and O–H groups in total. The second-order valence-electron chi connectivity index (χ2n) is 10.5. The molecule has 232 valence electrons. The van der Waals surface area contributed by atoms with Gasteiger partial charge in [-0.05, 0) is 67.1 Å². The molecule has 4 aromatic carbocycles. The molecule has 0 amide bonds. The van der Waals surface area contributed by atoms with E-state index in [9.17, 15) is 18.8 Å². The van der Waals surface area contributed by atoms with Gasteiger partial charge in [-0.15, -0.1) is 5.10 Å². The van der Waals surface area contributed by atoms with Crippen LogP contribution in [0.5, 0.6) is 0 Å². The molecule has 46 heavy (non-hydrogen) atoms. The molecule has 2 heterocycles. The number of halogens is 1. The van der Waals surface area contributed by atoms with Crippen molar-refractivity contribution >= 4 is 17.9 Å². The average Bonchev–Trinajstić information content (AvgIpc) is 3.71. The van der Waals surface area contributed by atoms with Crippen molar-refractivity contribution in [2.45, 2.75) is 31.5 Å². The van der Waals surface area contributed by atoms with Crippen LogP contribution in [0.4, 0.5) is 4.39 Å². The van der Waals surface area contributed by atoms with Crippen LogP contribution in [-0.2, 0) is 18.9 Å². The van der Waals surface area contributed by atoms with Crippen LogP contribution in [0.3, 0.4) is 0 Å². The third kappa shape index (κ3) is 6.54. The number of nitrogens with zero attached hydrogens (tertiary/aromatic N) is 3. The molecule has 0 radical (unpaired) electrons. The molecule has 1 fully saturated rings. The maximum absolute atomic E-state index is 14.1. The van der Waals surface area contributed by atoms with Crippen LogP contribution in [-0.4, -0.2) is 57.8 Å². The molecule has 0 unspecified atom stereocenters. The zero-order valence-electron chi connectivity index (χ0n) is 24.6. The molecule has 10 nitrogen and oxygen atoms in total. The van der Waals surface area contributed by atoms with Crippen LogP contribution in [0.1, 0.15) is 42.9 Å². The Labute approximate surface area is 263 Å². The summed E-state index contributed by atoms with van der Waals surface area (Å²) in [7, 11) is 0. The van der Waals surface area contributed by atoms with Crippen LogP contribution in [0.25, 0.3) is 11.3 Å². The lowest BCUT2D eigenvalue weighted by atomic mass is 10.1. The minimum atomic E-state index is -1.28. The number of hydrogen-bond donors (Lipinski definition) is 0. The van der Waals surface area contributed by atoms with Gasteiger partial charge >= 0.3 is 17.9 Å². The Balaban J connectivity index is 1.38. The fourth-order valence-corrected chi connectivity index (χ4v) is 5.10. The van der Waals surface area contributed by atoms with Gasteiger partial charge in [-0.3, -0.25) is 0 Å². The highest BCUT2D eigenvalue weighted by Crippen LogP contribution is 2.37. The van der Waals surface area contributed by atoms with Gasteiger partial charge < -0.3 is 18.9 Å². The average molecular weight is 622 g/mol. The van der Waals surface area contributed by atoms with Crippen molar-refractivity contribution in [2.75, 3.05) is 6.61 Å². The van der Waals surface area contributed by atoms with Crippen LogP contribution in [0.15, 0.2) is 115 Å². The first-order chi connectivity index (χ1) is 22.4. The molecule has 0 spiro atoms. The van der Waals surface area contributed by atoms with Crippen LogP contribution in [0.2, 0.25) is 0 Å². The molecule has 1 aromatic heterocycles. The molecule has 0 saturated carbocycles. The Morgan fingerprint density at radius 1 is 0.761 bits per heavy atom.